The molecule has 0 aliphatic rings. The Morgan fingerprint density at radius 2 is 2.08 bits per heavy atom. The van der Waals surface area contributed by atoms with E-state index in [-0.39, 0.29) is 11.7 Å². The van der Waals surface area contributed by atoms with Crippen LogP contribution in [0.25, 0.3) is 0 Å². The molecule has 0 aromatic carbocycles. The minimum Gasteiger partial charge on any atom is -0.366 e. The molecule has 0 saturated heterocycles. The lowest BCUT2D eigenvalue weighted by molar-refractivity contribution is -0.0601. The Kier molecular flexibility index (Phi) is 3.09. The largest absolute Gasteiger partial charge is 0.366 e. The Morgan fingerprint density at radius 3 is 2.46 bits per heavy atom. The first-order valence-electron chi connectivity index (χ1n) is 4.52. The zero-order valence-electron chi connectivity index (χ0n) is 8.92. The molecule has 0 N–H and O–H groups in total. The van der Waals surface area contributed by atoms with Crippen molar-refractivity contribution in [1.82, 2.24) is 4.98 Å². The fourth-order valence-corrected chi connectivity index (χ4v) is 2.13. The predicted octanol–water partition coefficient (Wildman–Crippen LogP) is 3.11. The Labute approximate surface area is 84.0 Å². The molecule has 13 heavy (non-hydrogen) atoms. The maximum absolute atomic E-state index is 5.78. The van der Waals surface area contributed by atoms with E-state index in [1.165, 1.54) is 0 Å². The van der Waals surface area contributed by atoms with Crippen molar-refractivity contribution in [2.24, 2.45) is 0 Å². The topological polar surface area (TPSA) is 22.1 Å². The summed E-state index contributed by atoms with van der Waals surface area (Å²) in [6.07, 6.45) is 0.235. The summed E-state index contributed by atoms with van der Waals surface area (Å²) >= 11 is 1.66. The summed E-state index contributed by atoms with van der Waals surface area (Å²) in [6.45, 7) is 10.2. The maximum Gasteiger partial charge on any atom is 0.124 e. The summed E-state index contributed by atoms with van der Waals surface area (Å²) in [4.78, 5) is 4.43. The highest BCUT2D eigenvalue weighted by Crippen LogP contribution is 2.28. The van der Waals surface area contributed by atoms with Crippen molar-refractivity contribution in [2.75, 3.05) is 0 Å². The number of aryl methyl sites for hydroxylation is 1. The van der Waals surface area contributed by atoms with Crippen LogP contribution in [0.15, 0.2) is 5.38 Å². The molecule has 1 rings (SSSR count). The van der Waals surface area contributed by atoms with E-state index in [9.17, 15) is 0 Å². The van der Waals surface area contributed by atoms with Crippen LogP contribution in [0.4, 0.5) is 0 Å². The highest BCUT2D eigenvalue weighted by atomic mass is 32.1. The van der Waals surface area contributed by atoms with Gasteiger partial charge in [0.25, 0.3) is 0 Å². The molecule has 0 aliphatic carbocycles. The van der Waals surface area contributed by atoms with Gasteiger partial charge in [0.05, 0.1) is 6.10 Å². The van der Waals surface area contributed by atoms with Gasteiger partial charge in [0, 0.05) is 11.1 Å². The van der Waals surface area contributed by atoms with Crippen molar-refractivity contribution in [3.8, 4) is 0 Å². The molecular weight excluding hydrogens is 182 g/mol. The van der Waals surface area contributed by atoms with Crippen molar-refractivity contribution < 1.29 is 4.74 Å². The second-order valence-corrected chi connectivity index (χ2v) is 4.83. The normalized spacial score (nSPS) is 12.5. The summed E-state index contributed by atoms with van der Waals surface area (Å²) in [5.41, 5.74) is 0.813. The van der Waals surface area contributed by atoms with Gasteiger partial charge in [0.2, 0.25) is 0 Å². The summed E-state index contributed by atoms with van der Waals surface area (Å²) in [6, 6.07) is 0. The number of hydrogen-bond acceptors (Lipinski definition) is 3. The molecule has 74 valence electrons. The summed E-state index contributed by atoms with van der Waals surface area (Å²) in [7, 11) is 0. The lowest BCUT2D eigenvalue weighted by Gasteiger charge is -2.25. The van der Waals surface area contributed by atoms with Gasteiger partial charge in [-0.25, -0.2) is 4.98 Å². The van der Waals surface area contributed by atoms with Crippen LogP contribution in [0.2, 0.25) is 0 Å². The van der Waals surface area contributed by atoms with Gasteiger partial charge < -0.3 is 4.74 Å². The monoisotopic (exact) mass is 199 g/mol. The van der Waals surface area contributed by atoms with Crippen molar-refractivity contribution in [3.63, 3.8) is 0 Å². The van der Waals surface area contributed by atoms with E-state index in [1.54, 1.807) is 11.3 Å². The number of thiazole rings is 1. The first-order chi connectivity index (χ1) is 5.92. The highest BCUT2D eigenvalue weighted by molar-refractivity contribution is 7.09. The Hall–Kier alpha value is -0.410. The smallest absolute Gasteiger partial charge is 0.124 e. The standard InChI is InChI=1S/C10H17NOS/c1-7(2)12-10(4,5)9-11-8(3)6-13-9/h6-7H,1-5H3. The number of hydrogen-bond donors (Lipinski definition) is 0. The Balaban J connectivity index is 2.80. The molecule has 0 spiro atoms. The number of rotatable bonds is 3. The lowest BCUT2D eigenvalue weighted by atomic mass is 10.1. The molecule has 0 aliphatic heterocycles. The highest BCUT2D eigenvalue weighted by Gasteiger charge is 2.25. The molecule has 0 unspecified atom stereocenters. The molecule has 0 fully saturated rings. The average molecular weight is 199 g/mol. The molecule has 1 heterocycles. The second-order valence-electron chi connectivity index (χ2n) is 3.97. The molecule has 0 atom stereocenters. The molecule has 0 radical (unpaired) electrons. The van der Waals surface area contributed by atoms with Gasteiger partial charge in [0.1, 0.15) is 10.6 Å². The van der Waals surface area contributed by atoms with Gasteiger partial charge in [-0.05, 0) is 34.6 Å². The van der Waals surface area contributed by atoms with E-state index in [0.29, 0.717) is 0 Å². The average Bonchev–Trinajstić information content (AvgIpc) is 2.32. The molecule has 1 aromatic heterocycles. The van der Waals surface area contributed by atoms with Gasteiger partial charge in [-0.2, -0.15) is 0 Å². The fourth-order valence-electron chi connectivity index (χ4n) is 1.27. The van der Waals surface area contributed by atoms with Crippen molar-refractivity contribution in [1.29, 1.82) is 0 Å². The predicted molar refractivity (Wildman–Crippen MR) is 56.1 cm³/mol. The minimum absolute atomic E-state index is 0.235. The van der Waals surface area contributed by atoms with E-state index in [4.69, 9.17) is 4.74 Å². The lowest BCUT2D eigenvalue weighted by Crippen LogP contribution is -2.25. The molecule has 2 nitrogen and oxygen atoms in total. The zero-order valence-corrected chi connectivity index (χ0v) is 9.73. The van der Waals surface area contributed by atoms with Crippen LogP contribution in [-0.2, 0) is 10.3 Å². The van der Waals surface area contributed by atoms with Crippen molar-refractivity contribution >= 4 is 11.3 Å². The van der Waals surface area contributed by atoms with Gasteiger partial charge >= 0.3 is 0 Å². The third kappa shape index (κ3) is 2.78. The summed E-state index contributed by atoms with van der Waals surface area (Å²) in [5, 5.41) is 3.11. The van der Waals surface area contributed by atoms with Gasteiger partial charge in [0.15, 0.2) is 0 Å². The molecule has 1 aromatic rings. The maximum atomic E-state index is 5.78. The minimum atomic E-state index is -0.257. The Morgan fingerprint density at radius 1 is 1.46 bits per heavy atom. The van der Waals surface area contributed by atoms with E-state index in [2.05, 4.69) is 24.2 Å². The summed E-state index contributed by atoms with van der Waals surface area (Å²) < 4.78 is 5.78. The molecule has 0 amide bonds. The van der Waals surface area contributed by atoms with E-state index in [1.807, 2.05) is 20.8 Å². The number of nitrogens with zero attached hydrogens (tertiary/aromatic N) is 1. The van der Waals surface area contributed by atoms with Crippen LogP contribution >= 0.6 is 11.3 Å². The van der Waals surface area contributed by atoms with Crippen LogP contribution in [0.1, 0.15) is 38.4 Å². The third-order valence-electron chi connectivity index (χ3n) is 1.66. The van der Waals surface area contributed by atoms with Gasteiger partial charge in [-0.1, -0.05) is 0 Å². The first-order valence-corrected chi connectivity index (χ1v) is 5.40. The van der Waals surface area contributed by atoms with Crippen LogP contribution in [0, 0.1) is 6.92 Å². The van der Waals surface area contributed by atoms with E-state index in [0.717, 1.165) is 10.7 Å². The first kappa shape index (κ1) is 10.7. The van der Waals surface area contributed by atoms with Gasteiger partial charge in [-0.3, -0.25) is 0 Å². The quantitative estimate of drug-likeness (QED) is 0.746. The summed E-state index contributed by atoms with van der Waals surface area (Å²) in [5.74, 6) is 0. The molecular formula is C10H17NOS. The van der Waals surface area contributed by atoms with Crippen LogP contribution in [0.5, 0.6) is 0 Å². The van der Waals surface area contributed by atoms with Crippen molar-refractivity contribution in [3.05, 3.63) is 16.1 Å². The van der Waals surface area contributed by atoms with Crippen LogP contribution in [-0.4, -0.2) is 11.1 Å². The van der Waals surface area contributed by atoms with Gasteiger partial charge in [-0.15, -0.1) is 11.3 Å². The Bertz CT molecular complexity index is 278. The van der Waals surface area contributed by atoms with E-state index < -0.39 is 0 Å². The second kappa shape index (κ2) is 3.76. The third-order valence-corrected chi connectivity index (χ3v) is 2.93. The molecule has 0 bridgehead atoms. The van der Waals surface area contributed by atoms with Crippen LogP contribution in [0.3, 0.4) is 0 Å². The number of aromatic nitrogens is 1. The van der Waals surface area contributed by atoms with E-state index >= 15 is 0 Å². The number of ether oxygens (including phenoxy) is 1. The van der Waals surface area contributed by atoms with Crippen LogP contribution < -0.4 is 0 Å². The fraction of sp³-hybridized carbons (Fsp3) is 0.700. The molecule has 0 saturated carbocycles. The molecule has 3 heteroatoms. The van der Waals surface area contributed by atoms with Crippen molar-refractivity contribution in [2.45, 2.75) is 46.3 Å². The zero-order chi connectivity index (χ0) is 10.1. The SMILES string of the molecule is Cc1csc(C(C)(C)OC(C)C)n1.